The molecule has 9 nitrogen and oxygen atoms in total. The van der Waals surface area contributed by atoms with Gasteiger partial charge in [0.15, 0.2) is 22.3 Å². The van der Waals surface area contributed by atoms with Crippen molar-refractivity contribution >= 4 is 55.7 Å². The van der Waals surface area contributed by atoms with E-state index in [9.17, 15) is 0 Å². The molecule has 2 N–H and O–H groups in total. The van der Waals surface area contributed by atoms with Gasteiger partial charge in [0.2, 0.25) is 5.95 Å². The average molecular weight is 646 g/mol. The lowest BCUT2D eigenvalue weighted by atomic mass is 10.1. The number of aromatic nitrogens is 4. The van der Waals surface area contributed by atoms with Crippen LogP contribution in [0.3, 0.4) is 0 Å². The molecule has 240 valence electrons. The van der Waals surface area contributed by atoms with Gasteiger partial charge < -0.3 is 23.7 Å². The van der Waals surface area contributed by atoms with E-state index in [0.717, 1.165) is 27.5 Å². The zero-order chi connectivity index (χ0) is 32.5. The van der Waals surface area contributed by atoms with Crippen LogP contribution in [-0.4, -0.2) is 55.0 Å². The van der Waals surface area contributed by atoms with Gasteiger partial charge >= 0.3 is 0 Å². The molecule has 6 rings (SSSR count). The minimum absolute atomic E-state index is 0.0614. The molecule has 0 aliphatic carbocycles. The molecule has 0 radical (unpaired) electrons. The Labute approximate surface area is 267 Å². The van der Waals surface area contributed by atoms with E-state index >= 15 is 0 Å². The second-order valence-electron chi connectivity index (χ2n) is 15.4. The van der Waals surface area contributed by atoms with E-state index in [-0.39, 0.29) is 34.5 Å². The third-order valence-corrected chi connectivity index (χ3v) is 19.3. The van der Waals surface area contributed by atoms with Gasteiger partial charge in [-0.05, 0) is 48.4 Å². The summed E-state index contributed by atoms with van der Waals surface area (Å²) in [6.07, 6.45) is 1.75. The summed E-state index contributed by atoms with van der Waals surface area (Å²) in [4.78, 5) is 14.2. The molecule has 45 heavy (non-hydrogen) atoms. The minimum Gasteiger partial charge on any atom is -0.455 e. The van der Waals surface area contributed by atoms with Crippen molar-refractivity contribution < 1.29 is 18.0 Å². The van der Waals surface area contributed by atoms with E-state index in [1.807, 2.05) is 34.9 Å². The minimum atomic E-state index is -2.10. The quantitative estimate of drug-likeness (QED) is 0.175. The van der Waals surface area contributed by atoms with Crippen molar-refractivity contribution in [2.75, 3.05) is 12.3 Å². The normalized spacial score (nSPS) is 20.2. The zero-order valence-corrected chi connectivity index (χ0v) is 30.3. The Morgan fingerprint density at radius 2 is 1.60 bits per heavy atom. The predicted molar refractivity (Wildman–Crippen MR) is 186 cm³/mol. The molecule has 2 aromatic carbocycles. The van der Waals surface area contributed by atoms with Gasteiger partial charge in [-0.3, -0.25) is 4.57 Å². The second-order valence-corrected chi connectivity index (χ2v) is 25.0. The maximum absolute atomic E-state index is 7.01. The van der Waals surface area contributed by atoms with Crippen LogP contribution in [0.15, 0.2) is 53.2 Å². The monoisotopic (exact) mass is 645 g/mol. The van der Waals surface area contributed by atoms with E-state index < -0.39 is 16.6 Å². The van der Waals surface area contributed by atoms with Gasteiger partial charge in [-0.1, -0.05) is 71.9 Å². The topological polar surface area (TPSA) is 110 Å². The summed E-state index contributed by atoms with van der Waals surface area (Å²) >= 11 is 0. The van der Waals surface area contributed by atoms with Crippen molar-refractivity contribution in [3.05, 3.63) is 48.8 Å². The fraction of sp³-hybridized carbons (Fsp3) is 0.500. The van der Waals surface area contributed by atoms with Gasteiger partial charge in [0.1, 0.15) is 34.7 Å². The van der Waals surface area contributed by atoms with Crippen LogP contribution in [0, 0.1) is 0 Å². The van der Waals surface area contributed by atoms with E-state index in [1.54, 1.807) is 6.33 Å². The van der Waals surface area contributed by atoms with Crippen molar-refractivity contribution in [2.45, 2.75) is 103 Å². The third-order valence-electron chi connectivity index (χ3n) is 10.3. The number of nitrogens with two attached hydrogens (primary N) is 1. The average Bonchev–Trinajstić information content (AvgIpc) is 3.65. The van der Waals surface area contributed by atoms with Crippen molar-refractivity contribution in [1.82, 2.24) is 19.5 Å². The molecule has 0 spiro atoms. The van der Waals surface area contributed by atoms with E-state index in [1.165, 1.54) is 0 Å². The van der Waals surface area contributed by atoms with Crippen LogP contribution in [0.5, 0.6) is 0 Å². The van der Waals surface area contributed by atoms with Crippen molar-refractivity contribution in [2.24, 2.45) is 0 Å². The van der Waals surface area contributed by atoms with E-state index in [4.69, 9.17) is 28.7 Å². The number of nitrogen functional groups attached to an aromatic ring is 1. The summed E-state index contributed by atoms with van der Waals surface area (Å²) in [5.74, 6) is 0.164. The molecule has 1 aliphatic heterocycles. The number of furan rings is 1. The Bertz CT molecular complexity index is 1870. The molecule has 0 unspecified atom stereocenters. The molecule has 1 aliphatic rings. The summed E-state index contributed by atoms with van der Waals surface area (Å²) in [6, 6.07) is 14.1. The Balaban J connectivity index is 1.38. The van der Waals surface area contributed by atoms with Gasteiger partial charge in [0.25, 0.3) is 0 Å². The van der Waals surface area contributed by atoms with Gasteiger partial charge in [-0.25, -0.2) is 9.97 Å². The number of hydrogen-bond donors (Lipinski definition) is 1. The number of para-hydroxylation sites is 2. The van der Waals surface area contributed by atoms with Crippen molar-refractivity contribution in [3.63, 3.8) is 0 Å². The highest BCUT2D eigenvalue weighted by Crippen LogP contribution is 2.44. The van der Waals surface area contributed by atoms with Crippen LogP contribution in [0.25, 0.3) is 44.4 Å². The molecule has 0 bridgehead atoms. The molecule has 3 atom stereocenters. The second kappa shape index (κ2) is 11.0. The Hall–Kier alpha value is -3.10. The molecule has 11 heteroatoms. The standard InChI is InChI=1S/C34H47N5O4Si2/c1-33(2,3)44(7,8)40-19-26-25(43-45(9,10)34(4,5)6)18-27(41-26)39-20-36-29-28(37-32(35)38-31(29)39)23-16-13-15-22-21-14-11-12-17-24(21)42-30(22)23/h11-17,20,25-27H,18-19H2,1-10H3,(H2,35,37,38)/t25-,26+,27+/m0/s1. The molecule has 5 aromatic rings. The highest BCUT2D eigenvalue weighted by molar-refractivity contribution is 6.74. The largest absolute Gasteiger partial charge is 0.455 e. The summed E-state index contributed by atoms with van der Waals surface area (Å²) in [6.45, 7) is 23.2. The van der Waals surface area contributed by atoms with Gasteiger partial charge in [-0.2, -0.15) is 4.98 Å². The van der Waals surface area contributed by atoms with E-state index in [0.29, 0.717) is 29.9 Å². The number of benzene rings is 2. The summed E-state index contributed by atoms with van der Waals surface area (Å²) in [7, 11) is -4.11. The van der Waals surface area contributed by atoms with Crippen LogP contribution in [0.2, 0.25) is 36.3 Å². The number of ether oxygens (including phenoxy) is 1. The van der Waals surface area contributed by atoms with E-state index in [2.05, 4.69) is 89.8 Å². The lowest BCUT2D eigenvalue weighted by molar-refractivity contribution is -0.0383. The maximum atomic E-state index is 7.01. The van der Waals surface area contributed by atoms with Gasteiger partial charge in [0.05, 0.1) is 19.0 Å². The number of rotatable bonds is 7. The smallest absolute Gasteiger partial charge is 0.222 e. The Morgan fingerprint density at radius 3 is 2.31 bits per heavy atom. The highest BCUT2D eigenvalue weighted by Gasteiger charge is 2.47. The Morgan fingerprint density at radius 1 is 0.911 bits per heavy atom. The third kappa shape index (κ3) is 5.73. The highest BCUT2D eigenvalue weighted by atomic mass is 28.4. The predicted octanol–water partition coefficient (Wildman–Crippen LogP) is 8.67. The van der Waals surface area contributed by atoms with Crippen LogP contribution in [0.4, 0.5) is 5.95 Å². The van der Waals surface area contributed by atoms with Crippen LogP contribution >= 0.6 is 0 Å². The first-order valence-corrected chi connectivity index (χ1v) is 21.7. The number of hydrogen-bond acceptors (Lipinski definition) is 8. The first kappa shape index (κ1) is 31.9. The van der Waals surface area contributed by atoms with Crippen molar-refractivity contribution in [3.8, 4) is 11.3 Å². The molecule has 0 amide bonds. The zero-order valence-electron chi connectivity index (χ0n) is 28.3. The molecule has 0 saturated carbocycles. The van der Waals surface area contributed by atoms with Crippen LogP contribution < -0.4 is 5.73 Å². The molecular formula is C34H47N5O4Si2. The molecular weight excluding hydrogens is 599 g/mol. The lowest BCUT2D eigenvalue weighted by Gasteiger charge is -2.40. The number of imidazole rings is 1. The lowest BCUT2D eigenvalue weighted by Crippen LogP contribution is -2.48. The molecule has 1 saturated heterocycles. The molecule has 4 heterocycles. The number of nitrogens with zero attached hydrogens (tertiary/aromatic N) is 4. The summed E-state index contributed by atoms with van der Waals surface area (Å²) in [5, 5.41) is 2.22. The van der Waals surface area contributed by atoms with Crippen molar-refractivity contribution in [1.29, 1.82) is 0 Å². The van der Waals surface area contributed by atoms with Gasteiger partial charge in [0, 0.05) is 22.8 Å². The summed E-state index contributed by atoms with van der Waals surface area (Å²) < 4.78 is 28.8. The first-order valence-electron chi connectivity index (χ1n) is 15.8. The fourth-order valence-corrected chi connectivity index (χ4v) is 7.85. The first-order chi connectivity index (χ1) is 21.0. The summed E-state index contributed by atoms with van der Waals surface area (Å²) in [5.41, 5.74) is 10.6. The van der Waals surface area contributed by atoms with Crippen LogP contribution in [0.1, 0.15) is 54.2 Å². The van der Waals surface area contributed by atoms with Gasteiger partial charge in [-0.15, -0.1) is 0 Å². The fourth-order valence-electron chi connectivity index (χ4n) is 5.47. The SMILES string of the molecule is CC(C)(C)[Si](C)(C)OC[C@H]1O[C@@H](n2cnc3c(-c4cccc5c4oc4ccccc45)nc(N)nc32)C[C@@H]1O[Si](C)(C)C(C)(C)C. The molecule has 1 fully saturated rings. The molecule has 3 aromatic heterocycles. The maximum Gasteiger partial charge on any atom is 0.222 e. The van der Waals surface area contributed by atoms with Crippen LogP contribution in [-0.2, 0) is 13.6 Å². The number of fused-ring (bicyclic) bond motifs is 4. The Kier molecular flexibility index (Phi) is 7.80. The number of anilines is 1.